The molecule has 0 aromatic carbocycles. The quantitative estimate of drug-likeness (QED) is 0.832. The van der Waals surface area contributed by atoms with Gasteiger partial charge in [0.05, 0.1) is 24.3 Å². The number of aromatic nitrogens is 2. The molecule has 2 aromatic rings. The molecule has 1 aliphatic rings. The second-order valence-corrected chi connectivity index (χ2v) is 7.31. The standard InChI is InChI=1S/C15H18BrN5O2S/c1-20(2)13-11(18-14(22)12-7-10(16)9-24-12)8-17-15(19-13)21-3-5-23-6-4-21/h7-9H,3-6H2,1-2H3,(H,18,22). The lowest BCUT2D eigenvalue weighted by Crippen LogP contribution is -2.37. The number of halogens is 1. The predicted molar refractivity (Wildman–Crippen MR) is 99.4 cm³/mol. The first-order valence-electron chi connectivity index (χ1n) is 7.47. The molecule has 24 heavy (non-hydrogen) atoms. The molecule has 0 saturated carbocycles. The topological polar surface area (TPSA) is 70.6 Å². The van der Waals surface area contributed by atoms with Gasteiger partial charge in [0.1, 0.15) is 5.69 Å². The summed E-state index contributed by atoms with van der Waals surface area (Å²) in [6.07, 6.45) is 1.66. The lowest BCUT2D eigenvalue weighted by atomic mass is 10.3. The smallest absolute Gasteiger partial charge is 0.265 e. The van der Waals surface area contributed by atoms with E-state index in [9.17, 15) is 4.79 Å². The van der Waals surface area contributed by atoms with E-state index in [0.29, 0.717) is 35.5 Å². The Labute approximate surface area is 152 Å². The van der Waals surface area contributed by atoms with Gasteiger partial charge in [-0.05, 0) is 22.0 Å². The van der Waals surface area contributed by atoms with Crippen LogP contribution in [0, 0.1) is 0 Å². The highest BCUT2D eigenvalue weighted by atomic mass is 79.9. The monoisotopic (exact) mass is 411 g/mol. The van der Waals surface area contributed by atoms with Crippen LogP contribution in [0.2, 0.25) is 0 Å². The minimum absolute atomic E-state index is 0.170. The number of hydrogen-bond donors (Lipinski definition) is 1. The van der Waals surface area contributed by atoms with Gasteiger partial charge in [0, 0.05) is 37.0 Å². The molecule has 3 rings (SSSR count). The molecule has 1 N–H and O–H groups in total. The number of carbonyl (C=O) groups excluding carboxylic acids is 1. The Hall–Kier alpha value is -1.71. The molecule has 0 bridgehead atoms. The average molecular weight is 412 g/mol. The summed E-state index contributed by atoms with van der Waals surface area (Å²) >= 11 is 4.74. The van der Waals surface area contributed by atoms with Crippen molar-refractivity contribution in [3.8, 4) is 0 Å². The molecule has 1 fully saturated rings. The Morgan fingerprint density at radius 3 is 2.79 bits per heavy atom. The maximum atomic E-state index is 12.4. The number of carbonyl (C=O) groups is 1. The largest absolute Gasteiger partial charge is 0.378 e. The highest BCUT2D eigenvalue weighted by molar-refractivity contribution is 9.10. The molecule has 0 radical (unpaired) electrons. The molecule has 128 valence electrons. The van der Waals surface area contributed by atoms with E-state index in [2.05, 4.69) is 36.1 Å². The summed E-state index contributed by atoms with van der Waals surface area (Å²) < 4.78 is 6.25. The number of nitrogens with zero attached hydrogens (tertiary/aromatic N) is 4. The van der Waals surface area contributed by atoms with Gasteiger partial charge in [-0.1, -0.05) is 0 Å². The molecule has 0 atom stereocenters. The Morgan fingerprint density at radius 2 is 2.17 bits per heavy atom. The second kappa shape index (κ2) is 7.45. The van der Waals surface area contributed by atoms with E-state index in [1.807, 2.05) is 24.4 Å². The van der Waals surface area contributed by atoms with E-state index in [0.717, 1.165) is 17.6 Å². The van der Waals surface area contributed by atoms with Crippen molar-refractivity contribution >= 4 is 50.6 Å². The number of hydrogen-bond acceptors (Lipinski definition) is 7. The van der Waals surface area contributed by atoms with Gasteiger partial charge in [-0.3, -0.25) is 4.79 Å². The van der Waals surface area contributed by atoms with Crippen LogP contribution in [0.3, 0.4) is 0 Å². The molecule has 7 nitrogen and oxygen atoms in total. The number of amides is 1. The van der Waals surface area contributed by atoms with Crippen LogP contribution >= 0.6 is 27.3 Å². The van der Waals surface area contributed by atoms with Crippen molar-refractivity contribution in [2.75, 3.05) is 55.5 Å². The average Bonchev–Trinajstić information content (AvgIpc) is 3.02. The third-order valence-electron chi connectivity index (χ3n) is 3.51. The van der Waals surface area contributed by atoms with Crippen molar-refractivity contribution in [2.24, 2.45) is 0 Å². The summed E-state index contributed by atoms with van der Waals surface area (Å²) in [5.41, 5.74) is 0.589. The lowest BCUT2D eigenvalue weighted by molar-refractivity contribution is 0.103. The number of morpholine rings is 1. The zero-order chi connectivity index (χ0) is 17.1. The first-order chi connectivity index (χ1) is 11.5. The van der Waals surface area contributed by atoms with Crippen LogP contribution < -0.4 is 15.1 Å². The maximum Gasteiger partial charge on any atom is 0.265 e. The molecule has 1 amide bonds. The van der Waals surface area contributed by atoms with E-state index in [-0.39, 0.29) is 5.91 Å². The minimum Gasteiger partial charge on any atom is -0.378 e. The van der Waals surface area contributed by atoms with Crippen molar-refractivity contribution in [2.45, 2.75) is 0 Å². The molecule has 0 unspecified atom stereocenters. The third-order valence-corrected chi connectivity index (χ3v) is 5.20. The van der Waals surface area contributed by atoms with Crippen LogP contribution in [-0.4, -0.2) is 56.3 Å². The highest BCUT2D eigenvalue weighted by Crippen LogP contribution is 2.26. The fraction of sp³-hybridized carbons (Fsp3) is 0.400. The molecule has 1 saturated heterocycles. The van der Waals surface area contributed by atoms with Gasteiger partial charge >= 0.3 is 0 Å². The van der Waals surface area contributed by atoms with E-state index in [1.165, 1.54) is 11.3 Å². The van der Waals surface area contributed by atoms with Crippen molar-refractivity contribution in [3.63, 3.8) is 0 Å². The van der Waals surface area contributed by atoms with Crippen molar-refractivity contribution < 1.29 is 9.53 Å². The number of ether oxygens (including phenoxy) is 1. The fourth-order valence-corrected chi connectivity index (χ4v) is 3.65. The van der Waals surface area contributed by atoms with Crippen LogP contribution in [0.1, 0.15) is 9.67 Å². The molecule has 0 spiro atoms. The summed E-state index contributed by atoms with van der Waals surface area (Å²) in [6.45, 7) is 2.88. The van der Waals surface area contributed by atoms with Crippen LogP contribution in [-0.2, 0) is 4.74 Å². The first kappa shape index (κ1) is 17.1. The van der Waals surface area contributed by atoms with Crippen molar-refractivity contribution in [3.05, 3.63) is 27.0 Å². The predicted octanol–water partition coefficient (Wildman–Crippen LogP) is 2.46. The summed E-state index contributed by atoms with van der Waals surface area (Å²) in [6, 6.07) is 1.79. The Bertz CT molecular complexity index is 730. The number of thiophene rings is 1. The minimum atomic E-state index is -0.170. The maximum absolute atomic E-state index is 12.4. The van der Waals surface area contributed by atoms with E-state index in [4.69, 9.17) is 4.74 Å². The Morgan fingerprint density at radius 1 is 1.42 bits per heavy atom. The number of rotatable bonds is 4. The van der Waals surface area contributed by atoms with E-state index < -0.39 is 0 Å². The van der Waals surface area contributed by atoms with Crippen LogP contribution in [0.25, 0.3) is 0 Å². The SMILES string of the molecule is CN(C)c1nc(N2CCOCC2)ncc1NC(=O)c1cc(Br)cs1. The van der Waals surface area contributed by atoms with Gasteiger partial charge in [0.2, 0.25) is 5.95 Å². The fourth-order valence-electron chi connectivity index (χ4n) is 2.32. The van der Waals surface area contributed by atoms with Crippen LogP contribution in [0.5, 0.6) is 0 Å². The first-order valence-corrected chi connectivity index (χ1v) is 9.14. The summed E-state index contributed by atoms with van der Waals surface area (Å²) in [5, 5.41) is 4.77. The van der Waals surface area contributed by atoms with Gasteiger partial charge < -0.3 is 19.9 Å². The summed E-state index contributed by atoms with van der Waals surface area (Å²) in [5.74, 6) is 1.16. The molecule has 9 heteroatoms. The zero-order valence-corrected chi connectivity index (χ0v) is 15.9. The van der Waals surface area contributed by atoms with Gasteiger partial charge in [-0.15, -0.1) is 11.3 Å². The number of anilines is 3. The van der Waals surface area contributed by atoms with Gasteiger partial charge in [-0.2, -0.15) is 4.98 Å². The molecule has 3 heterocycles. The Kier molecular flexibility index (Phi) is 5.32. The van der Waals surface area contributed by atoms with E-state index >= 15 is 0 Å². The van der Waals surface area contributed by atoms with Crippen molar-refractivity contribution in [1.29, 1.82) is 0 Å². The molecule has 1 aliphatic heterocycles. The lowest BCUT2D eigenvalue weighted by Gasteiger charge is -2.28. The van der Waals surface area contributed by atoms with Gasteiger partial charge in [0.15, 0.2) is 5.82 Å². The summed E-state index contributed by atoms with van der Waals surface area (Å²) in [4.78, 5) is 26.0. The number of nitrogens with one attached hydrogen (secondary N) is 1. The highest BCUT2D eigenvalue weighted by Gasteiger charge is 2.18. The zero-order valence-electron chi connectivity index (χ0n) is 13.5. The van der Waals surface area contributed by atoms with Crippen LogP contribution in [0.15, 0.2) is 22.1 Å². The summed E-state index contributed by atoms with van der Waals surface area (Å²) in [7, 11) is 3.78. The van der Waals surface area contributed by atoms with E-state index in [1.54, 1.807) is 12.3 Å². The second-order valence-electron chi connectivity index (χ2n) is 5.48. The molecular formula is C15H18BrN5O2S. The molecule has 0 aliphatic carbocycles. The normalized spacial score (nSPS) is 14.5. The molecule has 2 aromatic heterocycles. The Balaban J connectivity index is 1.83. The van der Waals surface area contributed by atoms with Crippen molar-refractivity contribution in [1.82, 2.24) is 9.97 Å². The molecular weight excluding hydrogens is 394 g/mol. The van der Waals surface area contributed by atoms with Gasteiger partial charge in [-0.25, -0.2) is 4.98 Å². The van der Waals surface area contributed by atoms with Crippen LogP contribution in [0.4, 0.5) is 17.5 Å². The third kappa shape index (κ3) is 3.85. The van der Waals surface area contributed by atoms with Gasteiger partial charge in [0.25, 0.3) is 5.91 Å².